The van der Waals surface area contributed by atoms with Gasteiger partial charge in [-0.25, -0.2) is 9.97 Å². The van der Waals surface area contributed by atoms with E-state index in [9.17, 15) is 4.79 Å². The monoisotopic (exact) mass is 268 g/mol. The molecular formula is C15H16N4O. The Hall–Kier alpha value is -2.43. The summed E-state index contributed by atoms with van der Waals surface area (Å²) in [4.78, 5) is 21.7. The lowest BCUT2D eigenvalue weighted by Gasteiger charge is -2.17. The Bertz CT molecular complexity index is 600. The molecule has 0 radical (unpaired) electrons. The molecule has 1 aliphatic rings. The Morgan fingerprint density at radius 3 is 3.00 bits per heavy atom. The summed E-state index contributed by atoms with van der Waals surface area (Å²) in [5, 5.41) is 3.31. The van der Waals surface area contributed by atoms with Crippen LogP contribution in [-0.4, -0.2) is 22.4 Å². The zero-order valence-corrected chi connectivity index (χ0v) is 11.1. The van der Waals surface area contributed by atoms with Crippen LogP contribution >= 0.6 is 0 Å². The van der Waals surface area contributed by atoms with Crippen LogP contribution in [0.15, 0.2) is 42.9 Å². The van der Waals surface area contributed by atoms with Crippen LogP contribution in [0.4, 0.5) is 11.4 Å². The predicted octanol–water partition coefficient (Wildman–Crippen LogP) is 2.22. The average molecular weight is 268 g/mol. The number of benzene rings is 1. The van der Waals surface area contributed by atoms with Crippen LogP contribution in [0, 0.1) is 0 Å². The molecule has 1 N–H and O–H groups in total. The third-order valence-corrected chi connectivity index (χ3v) is 3.35. The van der Waals surface area contributed by atoms with Crippen molar-refractivity contribution < 1.29 is 4.79 Å². The first-order valence-corrected chi connectivity index (χ1v) is 6.72. The zero-order chi connectivity index (χ0) is 13.8. The maximum atomic E-state index is 11.8. The predicted molar refractivity (Wildman–Crippen MR) is 77.4 cm³/mol. The topological polar surface area (TPSA) is 58.1 Å². The number of anilines is 2. The van der Waals surface area contributed by atoms with Gasteiger partial charge in [-0.05, 0) is 30.7 Å². The molecule has 0 unspecified atom stereocenters. The largest absolute Gasteiger partial charge is 0.379 e. The maximum absolute atomic E-state index is 11.8. The number of carbonyl (C=O) groups is 1. The van der Waals surface area contributed by atoms with Crippen molar-refractivity contribution in [1.82, 2.24) is 9.97 Å². The highest BCUT2D eigenvalue weighted by Crippen LogP contribution is 2.24. The van der Waals surface area contributed by atoms with Gasteiger partial charge >= 0.3 is 0 Å². The highest BCUT2D eigenvalue weighted by Gasteiger charge is 2.21. The number of hydrogen-bond acceptors (Lipinski definition) is 4. The lowest BCUT2D eigenvalue weighted by atomic mass is 10.2. The molecule has 3 rings (SSSR count). The SMILES string of the molecule is O=C1CCCN1c1cccc(NCc2ccncn2)c1. The van der Waals surface area contributed by atoms with Crippen molar-refractivity contribution in [3.63, 3.8) is 0 Å². The Morgan fingerprint density at radius 2 is 2.25 bits per heavy atom. The van der Waals surface area contributed by atoms with Crippen molar-refractivity contribution in [2.24, 2.45) is 0 Å². The van der Waals surface area contributed by atoms with Crippen LogP contribution in [0.2, 0.25) is 0 Å². The minimum Gasteiger partial charge on any atom is -0.379 e. The third kappa shape index (κ3) is 2.77. The van der Waals surface area contributed by atoms with Gasteiger partial charge in [0, 0.05) is 30.5 Å². The number of amides is 1. The molecule has 2 aromatic rings. The number of hydrogen-bond donors (Lipinski definition) is 1. The molecule has 20 heavy (non-hydrogen) atoms. The van der Waals surface area contributed by atoms with E-state index in [1.807, 2.05) is 35.2 Å². The van der Waals surface area contributed by atoms with Crippen molar-refractivity contribution in [2.45, 2.75) is 19.4 Å². The van der Waals surface area contributed by atoms with Gasteiger partial charge in [-0.3, -0.25) is 4.79 Å². The second kappa shape index (κ2) is 5.69. The molecule has 102 valence electrons. The first-order chi connectivity index (χ1) is 9.83. The van der Waals surface area contributed by atoms with Gasteiger partial charge in [-0.1, -0.05) is 6.07 Å². The molecule has 0 saturated carbocycles. The van der Waals surface area contributed by atoms with Gasteiger partial charge in [-0.2, -0.15) is 0 Å². The van der Waals surface area contributed by atoms with Gasteiger partial charge < -0.3 is 10.2 Å². The van der Waals surface area contributed by atoms with Gasteiger partial charge in [0.05, 0.1) is 12.2 Å². The number of rotatable bonds is 4. The quantitative estimate of drug-likeness (QED) is 0.923. The van der Waals surface area contributed by atoms with Crippen LogP contribution in [0.1, 0.15) is 18.5 Å². The van der Waals surface area contributed by atoms with Gasteiger partial charge in [0.25, 0.3) is 0 Å². The van der Waals surface area contributed by atoms with E-state index in [2.05, 4.69) is 15.3 Å². The Labute approximate surface area is 117 Å². The highest BCUT2D eigenvalue weighted by molar-refractivity contribution is 5.95. The molecule has 0 atom stereocenters. The second-order valence-electron chi connectivity index (χ2n) is 4.75. The molecule has 1 aliphatic heterocycles. The standard InChI is InChI=1S/C15H16N4O/c20-15-5-2-8-19(15)14-4-1-3-12(9-14)17-10-13-6-7-16-11-18-13/h1,3-4,6-7,9,11,17H,2,5,8,10H2. The Morgan fingerprint density at radius 1 is 1.30 bits per heavy atom. The normalized spacial score (nSPS) is 14.6. The van der Waals surface area contributed by atoms with E-state index in [4.69, 9.17) is 0 Å². The highest BCUT2D eigenvalue weighted by atomic mass is 16.2. The second-order valence-corrected chi connectivity index (χ2v) is 4.75. The van der Waals surface area contributed by atoms with Crippen molar-refractivity contribution in [2.75, 3.05) is 16.8 Å². The van der Waals surface area contributed by atoms with E-state index in [1.165, 1.54) is 6.33 Å². The first kappa shape index (κ1) is 12.6. The number of aromatic nitrogens is 2. The summed E-state index contributed by atoms with van der Waals surface area (Å²) in [6.45, 7) is 1.45. The van der Waals surface area contributed by atoms with Gasteiger partial charge in [0.2, 0.25) is 5.91 Å². The molecule has 1 aromatic heterocycles. The number of nitrogens with one attached hydrogen (secondary N) is 1. The molecule has 2 heterocycles. The van der Waals surface area contributed by atoms with Crippen LogP contribution in [0.3, 0.4) is 0 Å². The van der Waals surface area contributed by atoms with Crippen molar-refractivity contribution in [3.05, 3.63) is 48.5 Å². The van der Waals surface area contributed by atoms with E-state index < -0.39 is 0 Å². The maximum Gasteiger partial charge on any atom is 0.227 e. The minimum absolute atomic E-state index is 0.206. The van der Waals surface area contributed by atoms with Gasteiger partial charge in [-0.15, -0.1) is 0 Å². The lowest BCUT2D eigenvalue weighted by molar-refractivity contribution is -0.117. The third-order valence-electron chi connectivity index (χ3n) is 3.35. The summed E-state index contributed by atoms with van der Waals surface area (Å²) < 4.78 is 0. The van der Waals surface area contributed by atoms with Crippen LogP contribution < -0.4 is 10.2 Å². The van der Waals surface area contributed by atoms with E-state index in [1.54, 1.807) is 6.20 Å². The summed E-state index contributed by atoms with van der Waals surface area (Å²) in [7, 11) is 0. The van der Waals surface area contributed by atoms with Crippen LogP contribution in [0.5, 0.6) is 0 Å². The van der Waals surface area contributed by atoms with Crippen molar-refractivity contribution >= 4 is 17.3 Å². The summed E-state index contributed by atoms with van der Waals surface area (Å²) in [5.41, 5.74) is 2.88. The lowest BCUT2D eigenvalue weighted by Crippen LogP contribution is -2.23. The smallest absolute Gasteiger partial charge is 0.227 e. The molecule has 0 bridgehead atoms. The molecule has 5 heteroatoms. The summed E-state index contributed by atoms with van der Waals surface area (Å²) >= 11 is 0. The van der Waals surface area contributed by atoms with Crippen LogP contribution in [0.25, 0.3) is 0 Å². The van der Waals surface area contributed by atoms with E-state index >= 15 is 0 Å². The van der Waals surface area contributed by atoms with Gasteiger partial charge in [0.15, 0.2) is 0 Å². The fourth-order valence-electron chi connectivity index (χ4n) is 2.32. The Balaban J connectivity index is 1.70. The first-order valence-electron chi connectivity index (χ1n) is 6.72. The summed E-state index contributed by atoms with van der Waals surface area (Å²) in [5.74, 6) is 0.206. The van der Waals surface area contributed by atoms with Crippen LogP contribution in [-0.2, 0) is 11.3 Å². The number of carbonyl (C=O) groups excluding carboxylic acids is 1. The van der Waals surface area contributed by atoms with E-state index in [0.29, 0.717) is 13.0 Å². The molecule has 0 aliphatic carbocycles. The molecular weight excluding hydrogens is 252 g/mol. The van der Waals surface area contributed by atoms with Crippen molar-refractivity contribution in [3.8, 4) is 0 Å². The molecule has 5 nitrogen and oxygen atoms in total. The Kier molecular flexibility index (Phi) is 3.58. The summed E-state index contributed by atoms with van der Waals surface area (Å²) in [6.07, 6.45) is 4.86. The molecule has 1 aromatic carbocycles. The average Bonchev–Trinajstić information content (AvgIpc) is 2.93. The molecule has 1 saturated heterocycles. The minimum atomic E-state index is 0.206. The molecule has 0 spiro atoms. The molecule has 1 fully saturated rings. The fourth-order valence-corrected chi connectivity index (χ4v) is 2.32. The summed E-state index contributed by atoms with van der Waals surface area (Å²) in [6, 6.07) is 9.80. The number of nitrogens with zero attached hydrogens (tertiary/aromatic N) is 3. The van der Waals surface area contributed by atoms with E-state index in [0.717, 1.165) is 30.0 Å². The van der Waals surface area contributed by atoms with Gasteiger partial charge in [0.1, 0.15) is 6.33 Å². The van der Waals surface area contributed by atoms with E-state index in [-0.39, 0.29) is 5.91 Å². The zero-order valence-electron chi connectivity index (χ0n) is 11.1. The molecule has 1 amide bonds. The van der Waals surface area contributed by atoms with Crippen molar-refractivity contribution in [1.29, 1.82) is 0 Å². The fraction of sp³-hybridized carbons (Fsp3) is 0.267.